The van der Waals surface area contributed by atoms with Gasteiger partial charge in [-0.25, -0.2) is 0 Å². The Balaban J connectivity index is 2.01. The molecule has 4 nitrogen and oxygen atoms in total. The number of anilines is 2. The maximum absolute atomic E-state index is 11.9. The van der Waals surface area contributed by atoms with Crippen molar-refractivity contribution in [2.45, 2.75) is 0 Å². The quantitative estimate of drug-likeness (QED) is 0.589. The summed E-state index contributed by atoms with van der Waals surface area (Å²) in [5.41, 5.74) is 7.27. The average Bonchev–Trinajstić information content (AvgIpc) is 2.43. The SMILES string of the molecule is Nc1ccc(NC(=S)NC(=O)c2ccccc2)c(Cl)c1. The van der Waals surface area contributed by atoms with E-state index in [-0.39, 0.29) is 11.0 Å². The first-order valence-electron chi connectivity index (χ1n) is 5.78. The Kier molecular flexibility index (Phi) is 4.55. The highest BCUT2D eigenvalue weighted by molar-refractivity contribution is 7.80. The van der Waals surface area contributed by atoms with Crippen molar-refractivity contribution in [1.29, 1.82) is 0 Å². The van der Waals surface area contributed by atoms with Gasteiger partial charge in [0.15, 0.2) is 5.11 Å². The largest absolute Gasteiger partial charge is 0.399 e. The minimum Gasteiger partial charge on any atom is -0.399 e. The summed E-state index contributed by atoms with van der Waals surface area (Å²) in [5.74, 6) is -0.283. The molecule has 0 spiro atoms. The van der Waals surface area contributed by atoms with Crippen molar-refractivity contribution in [3.8, 4) is 0 Å². The average molecular weight is 306 g/mol. The Morgan fingerprint density at radius 1 is 1.15 bits per heavy atom. The minimum absolute atomic E-state index is 0.172. The lowest BCUT2D eigenvalue weighted by Gasteiger charge is -2.11. The molecular weight excluding hydrogens is 294 g/mol. The highest BCUT2D eigenvalue weighted by Gasteiger charge is 2.08. The van der Waals surface area contributed by atoms with Crippen LogP contribution in [-0.4, -0.2) is 11.0 Å². The van der Waals surface area contributed by atoms with E-state index in [2.05, 4.69) is 10.6 Å². The van der Waals surface area contributed by atoms with Gasteiger partial charge in [0.1, 0.15) is 0 Å². The highest BCUT2D eigenvalue weighted by Crippen LogP contribution is 2.23. The first-order chi connectivity index (χ1) is 9.56. The van der Waals surface area contributed by atoms with Gasteiger partial charge in [0, 0.05) is 11.3 Å². The summed E-state index contributed by atoms with van der Waals surface area (Å²) in [7, 11) is 0. The van der Waals surface area contributed by atoms with Crippen LogP contribution in [0, 0.1) is 0 Å². The van der Waals surface area contributed by atoms with Crippen LogP contribution in [-0.2, 0) is 0 Å². The van der Waals surface area contributed by atoms with Crippen molar-refractivity contribution in [2.75, 3.05) is 11.1 Å². The number of halogens is 1. The normalized spacial score (nSPS) is 9.85. The number of carbonyl (C=O) groups is 1. The van der Waals surface area contributed by atoms with Gasteiger partial charge in [0.2, 0.25) is 0 Å². The topological polar surface area (TPSA) is 67.2 Å². The fraction of sp³-hybridized carbons (Fsp3) is 0. The maximum Gasteiger partial charge on any atom is 0.257 e. The van der Waals surface area contributed by atoms with E-state index >= 15 is 0 Å². The molecule has 0 radical (unpaired) electrons. The summed E-state index contributed by atoms with van der Waals surface area (Å²) in [6.45, 7) is 0. The second-order valence-corrected chi connectivity index (χ2v) is 4.83. The maximum atomic E-state index is 11.9. The fourth-order valence-electron chi connectivity index (χ4n) is 1.55. The van der Waals surface area contributed by atoms with Gasteiger partial charge in [0.25, 0.3) is 5.91 Å². The third kappa shape index (κ3) is 3.69. The molecule has 0 bridgehead atoms. The summed E-state index contributed by atoms with van der Waals surface area (Å²) in [4.78, 5) is 11.9. The standard InChI is InChI=1S/C14H12ClN3OS/c15-11-8-10(16)6-7-12(11)17-14(20)18-13(19)9-4-2-1-3-5-9/h1-8H,16H2,(H2,17,18,19,20). The second-order valence-electron chi connectivity index (χ2n) is 4.01. The first-order valence-corrected chi connectivity index (χ1v) is 6.57. The Hall–Kier alpha value is -2.11. The Morgan fingerprint density at radius 3 is 2.50 bits per heavy atom. The molecule has 0 aliphatic heterocycles. The lowest BCUT2D eigenvalue weighted by atomic mass is 10.2. The molecule has 2 aromatic rings. The van der Waals surface area contributed by atoms with E-state index in [1.165, 1.54) is 0 Å². The van der Waals surface area contributed by atoms with E-state index in [4.69, 9.17) is 29.6 Å². The smallest absolute Gasteiger partial charge is 0.257 e. The molecule has 0 saturated heterocycles. The lowest BCUT2D eigenvalue weighted by molar-refractivity contribution is 0.0978. The van der Waals surface area contributed by atoms with Crippen LogP contribution < -0.4 is 16.4 Å². The number of hydrogen-bond acceptors (Lipinski definition) is 3. The van der Waals surface area contributed by atoms with Gasteiger partial charge in [-0.3, -0.25) is 10.1 Å². The van der Waals surface area contributed by atoms with E-state index < -0.39 is 0 Å². The number of amides is 1. The molecule has 0 heterocycles. The monoisotopic (exact) mass is 305 g/mol. The molecule has 0 unspecified atom stereocenters. The lowest BCUT2D eigenvalue weighted by Crippen LogP contribution is -2.34. The second kappa shape index (κ2) is 6.36. The molecule has 0 aliphatic rings. The van der Waals surface area contributed by atoms with E-state index in [1.807, 2.05) is 6.07 Å². The molecule has 0 atom stereocenters. The Bertz CT molecular complexity index is 646. The van der Waals surface area contributed by atoms with E-state index in [0.29, 0.717) is 22.0 Å². The number of nitrogens with one attached hydrogen (secondary N) is 2. The van der Waals surface area contributed by atoms with Crippen LogP contribution >= 0.6 is 23.8 Å². The van der Waals surface area contributed by atoms with Gasteiger partial charge in [-0.05, 0) is 42.5 Å². The zero-order valence-corrected chi connectivity index (χ0v) is 12.0. The zero-order chi connectivity index (χ0) is 14.5. The van der Waals surface area contributed by atoms with Crippen LogP contribution in [0.2, 0.25) is 5.02 Å². The van der Waals surface area contributed by atoms with Crippen LogP contribution in [0.4, 0.5) is 11.4 Å². The molecule has 1 amide bonds. The molecule has 0 saturated carbocycles. The predicted molar refractivity (Wildman–Crippen MR) is 86.0 cm³/mol. The summed E-state index contributed by atoms with van der Waals surface area (Å²) >= 11 is 11.1. The van der Waals surface area contributed by atoms with Crippen LogP contribution in [0.5, 0.6) is 0 Å². The van der Waals surface area contributed by atoms with Crippen molar-refractivity contribution in [3.05, 3.63) is 59.1 Å². The van der Waals surface area contributed by atoms with Gasteiger partial charge >= 0.3 is 0 Å². The molecule has 0 fully saturated rings. The van der Waals surface area contributed by atoms with Crippen molar-refractivity contribution in [2.24, 2.45) is 0 Å². The molecular formula is C14H12ClN3OS. The summed E-state index contributed by atoms with van der Waals surface area (Å²) in [6.07, 6.45) is 0. The summed E-state index contributed by atoms with van der Waals surface area (Å²) < 4.78 is 0. The number of nitrogen functional groups attached to an aromatic ring is 1. The third-order valence-corrected chi connectivity index (χ3v) is 3.02. The van der Waals surface area contributed by atoms with Crippen LogP contribution in [0.25, 0.3) is 0 Å². The van der Waals surface area contributed by atoms with E-state index in [9.17, 15) is 4.79 Å². The Morgan fingerprint density at radius 2 is 1.85 bits per heavy atom. The molecule has 20 heavy (non-hydrogen) atoms. The van der Waals surface area contributed by atoms with Gasteiger partial charge in [0.05, 0.1) is 10.7 Å². The molecule has 4 N–H and O–H groups in total. The van der Waals surface area contributed by atoms with E-state index in [0.717, 1.165) is 0 Å². The summed E-state index contributed by atoms with van der Waals surface area (Å²) in [6, 6.07) is 13.8. The van der Waals surface area contributed by atoms with Crippen LogP contribution in [0.3, 0.4) is 0 Å². The molecule has 102 valence electrons. The number of carbonyl (C=O) groups excluding carboxylic acids is 1. The Labute approximate surface area is 126 Å². The van der Waals surface area contributed by atoms with Crippen molar-refractivity contribution in [3.63, 3.8) is 0 Å². The van der Waals surface area contributed by atoms with Crippen LogP contribution in [0.15, 0.2) is 48.5 Å². The third-order valence-electron chi connectivity index (χ3n) is 2.50. The first kappa shape index (κ1) is 14.3. The number of nitrogens with two attached hydrogens (primary N) is 1. The van der Waals surface area contributed by atoms with Crippen LogP contribution in [0.1, 0.15) is 10.4 Å². The fourth-order valence-corrected chi connectivity index (χ4v) is 1.99. The number of rotatable bonds is 2. The van der Waals surface area contributed by atoms with E-state index in [1.54, 1.807) is 42.5 Å². The molecule has 2 aromatic carbocycles. The molecule has 0 aliphatic carbocycles. The number of benzene rings is 2. The molecule has 6 heteroatoms. The van der Waals surface area contributed by atoms with Gasteiger partial charge in [-0.2, -0.15) is 0 Å². The van der Waals surface area contributed by atoms with Gasteiger partial charge < -0.3 is 11.1 Å². The van der Waals surface area contributed by atoms with Crippen molar-refractivity contribution >= 4 is 46.2 Å². The number of hydrogen-bond donors (Lipinski definition) is 3. The van der Waals surface area contributed by atoms with Gasteiger partial charge in [-0.1, -0.05) is 29.8 Å². The van der Waals surface area contributed by atoms with Crippen molar-refractivity contribution < 1.29 is 4.79 Å². The molecule has 0 aromatic heterocycles. The minimum atomic E-state index is -0.283. The van der Waals surface area contributed by atoms with Gasteiger partial charge in [-0.15, -0.1) is 0 Å². The molecule has 2 rings (SSSR count). The number of thiocarbonyl (C=S) groups is 1. The predicted octanol–water partition coefficient (Wildman–Crippen LogP) is 3.05. The zero-order valence-electron chi connectivity index (χ0n) is 10.4. The summed E-state index contributed by atoms with van der Waals surface area (Å²) in [5, 5.41) is 6.03. The van der Waals surface area contributed by atoms with Crippen molar-refractivity contribution in [1.82, 2.24) is 5.32 Å². The highest BCUT2D eigenvalue weighted by atomic mass is 35.5.